The number of benzene rings is 2. The summed E-state index contributed by atoms with van der Waals surface area (Å²) in [4.78, 5) is 12.3. The highest BCUT2D eigenvalue weighted by Crippen LogP contribution is 2.18. The summed E-state index contributed by atoms with van der Waals surface area (Å²) in [6.07, 6.45) is 1.63. The van der Waals surface area contributed by atoms with E-state index in [1.807, 2.05) is 37.3 Å². The SMILES string of the molecule is CCc1nnc(NC(=O)c2cccc(OCCc3ccccc3)c2)s1. The lowest BCUT2D eigenvalue weighted by molar-refractivity contribution is 0.102. The summed E-state index contributed by atoms with van der Waals surface area (Å²) in [6.45, 7) is 2.56. The summed E-state index contributed by atoms with van der Waals surface area (Å²) < 4.78 is 5.77. The fourth-order valence-corrected chi connectivity index (χ4v) is 2.95. The molecular weight excluding hydrogens is 334 g/mol. The van der Waals surface area contributed by atoms with Crippen molar-refractivity contribution in [3.05, 3.63) is 70.7 Å². The molecule has 128 valence electrons. The predicted molar refractivity (Wildman–Crippen MR) is 99.3 cm³/mol. The number of hydrogen-bond acceptors (Lipinski definition) is 5. The van der Waals surface area contributed by atoms with E-state index in [0.29, 0.717) is 23.1 Å². The lowest BCUT2D eigenvalue weighted by Crippen LogP contribution is -2.12. The van der Waals surface area contributed by atoms with Crippen LogP contribution in [-0.2, 0) is 12.8 Å². The third-order valence-corrected chi connectivity index (χ3v) is 4.57. The summed E-state index contributed by atoms with van der Waals surface area (Å²) >= 11 is 1.39. The lowest BCUT2D eigenvalue weighted by atomic mass is 10.2. The van der Waals surface area contributed by atoms with Crippen LogP contribution in [0.25, 0.3) is 0 Å². The van der Waals surface area contributed by atoms with Crippen molar-refractivity contribution in [1.29, 1.82) is 0 Å². The molecule has 6 heteroatoms. The van der Waals surface area contributed by atoms with E-state index in [-0.39, 0.29) is 5.91 Å². The first-order chi connectivity index (χ1) is 12.2. The first kappa shape index (κ1) is 17.1. The molecule has 5 nitrogen and oxygen atoms in total. The molecule has 0 aliphatic rings. The topological polar surface area (TPSA) is 64.1 Å². The monoisotopic (exact) mass is 353 g/mol. The molecule has 1 heterocycles. The van der Waals surface area contributed by atoms with Crippen molar-refractivity contribution in [2.45, 2.75) is 19.8 Å². The minimum Gasteiger partial charge on any atom is -0.493 e. The highest BCUT2D eigenvalue weighted by Gasteiger charge is 2.10. The van der Waals surface area contributed by atoms with Gasteiger partial charge in [0.1, 0.15) is 10.8 Å². The largest absolute Gasteiger partial charge is 0.493 e. The van der Waals surface area contributed by atoms with Gasteiger partial charge in [0.05, 0.1) is 6.61 Å². The molecule has 1 N–H and O–H groups in total. The molecule has 1 aromatic heterocycles. The second-order valence-corrected chi connectivity index (χ2v) is 6.48. The number of aryl methyl sites for hydroxylation is 1. The molecule has 0 aliphatic carbocycles. The standard InChI is InChI=1S/C19H19N3O2S/c1-2-17-21-22-19(25-17)20-18(23)15-9-6-10-16(13-15)24-12-11-14-7-4-3-5-8-14/h3-10,13H,2,11-12H2,1H3,(H,20,22,23). The lowest BCUT2D eigenvalue weighted by Gasteiger charge is -2.08. The molecule has 3 rings (SSSR count). The Bertz CT molecular complexity index is 833. The Labute approximate surface area is 150 Å². The molecule has 1 amide bonds. The zero-order valence-corrected chi connectivity index (χ0v) is 14.8. The zero-order chi connectivity index (χ0) is 17.5. The summed E-state index contributed by atoms with van der Waals surface area (Å²) in [7, 11) is 0. The Morgan fingerprint density at radius 2 is 1.96 bits per heavy atom. The van der Waals surface area contributed by atoms with Gasteiger partial charge in [0.2, 0.25) is 5.13 Å². The smallest absolute Gasteiger partial charge is 0.257 e. The number of carbonyl (C=O) groups excluding carboxylic acids is 1. The van der Waals surface area contributed by atoms with Gasteiger partial charge in [-0.3, -0.25) is 10.1 Å². The Balaban J connectivity index is 1.57. The van der Waals surface area contributed by atoms with Gasteiger partial charge in [0.25, 0.3) is 5.91 Å². The van der Waals surface area contributed by atoms with Crippen molar-refractivity contribution >= 4 is 22.4 Å². The third kappa shape index (κ3) is 4.87. The number of anilines is 1. The Kier molecular flexibility index (Phi) is 5.74. The van der Waals surface area contributed by atoms with Crippen LogP contribution in [0.3, 0.4) is 0 Å². The first-order valence-corrected chi connectivity index (χ1v) is 8.97. The minimum absolute atomic E-state index is 0.215. The number of hydrogen-bond donors (Lipinski definition) is 1. The normalized spacial score (nSPS) is 10.4. The molecule has 0 saturated heterocycles. The summed E-state index contributed by atoms with van der Waals surface area (Å²) in [6, 6.07) is 17.3. The van der Waals surface area contributed by atoms with Crippen LogP contribution >= 0.6 is 11.3 Å². The second kappa shape index (κ2) is 8.39. The van der Waals surface area contributed by atoms with E-state index in [4.69, 9.17) is 4.74 Å². The molecule has 0 unspecified atom stereocenters. The van der Waals surface area contributed by atoms with Crippen LogP contribution in [0, 0.1) is 0 Å². The fraction of sp³-hybridized carbons (Fsp3) is 0.211. The highest BCUT2D eigenvalue weighted by atomic mass is 32.1. The Hall–Kier alpha value is -2.73. The number of amides is 1. The van der Waals surface area contributed by atoms with Crippen molar-refractivity contribution in [1.82, 2.24) is 10.2 Å². The summed E-state index contributed by atoms with van der Waals surface area (Å²) in [5.41, 5.74) is 1.75. The molecule has 0 atom stereocenters. The van der Waals surface area contributed by atoms with Crippen molar-refractivity contribution in [2.24, 2.45) is 0 Å². The molecule has 0 bridgehead atoms. The Morgan fingerprint density at radius 3 is 2.72 bits per heavy atom. The van der Waals surface area contributed by atoms with Crippen molar-refractivity contribution in [2.75, 3.05) is 11.9 Å². The average molecular weight is 353 g/mol. The predicted octanol–water partition coefficient (Wildman–Crippen LogP) is 3.97. The van der Waals surface area contributed by atoms with E-state index in [0.717, 1.165) is 17.8 Å². The third-order valence-electron chi connectivity index (χ3n) is 3.59. The van der Waals surface area contributed by atoms with Gasteiger partial charge < -0.3 is 4.74 Å². The van der Waals surface area contributed by atoms with Crippen LogP contribution < -0.4 is 10.1 Å². The van der Waals surface area contributed by atoms with Crippen LogP contribution in [0.5, 0.6) is 5.75 Å². The molecule has 0 radical (unpaired) electrons. The minimum atomic E-state index is -0.215. The van der Waals surface area contributed by atoms with Gasteiger partial charge in [-0.2, -0.15) is 0 Å². The van der Waals surface area contributed by atoms with Gasteiger partial charge in [-0.1, -0.05) is 54.7 Å². The average Bonchev–Trinajstić information content (AvgIpc) is 3.10. The van der Waals surface area contributed by atoms with Crippen molar-refractivity contribution < 1.29 is 9.53 Å². The number of nitrogens with one attached hydrogen (secondary N) is 1. The molecule has 0 spiro atoms. The zero-order valence-electron chi connectivity index (χ0n) is 13.9. The number of rotatable bonds is 7. The maximum atomic E-state index is 12.3. The van der Waals surface area contributed by atoms with Gasteiger partial charge in [0, 0.05) is 12.0 Å². The summed E-state index contributed by atoms with van der Waals surface area (Å²) in [5.74, 6) is 0.461. The molecule has 0 aliphatic heterocycles. The van der Waals surface area contributed by atoms with Crippen LogP contribution in [0.1, 0.15) is 27.9 Å². The van der Waals surface area contributed by atoms with E-state index in [1.54, 1.807) is 12.1 Å². The molecule has 2 aromatic carbocycles. The van der Waals surface area contributed by atoms with Gasteiger partial charge in [-0.25, -0.2) is 0 Å². The van der Waals surface area contributed by atoms with E-state index >= 15 is 0 Å². The second-order valence-electron chi connectivity index (χ2n) is 5.42. The highest BCUT2D eigenvalue weighted by molar-refractivity contribution is 7.15. The fourth-order valence-electron chi connectivity index (χ4n) is 2.27. The van der Waals surface area contributed by atoms with Gasteiger partial charge >= 0.3 is 0 Å². The van der Waals surface area contributed by atoms with Gasteiger partial charge in [-0.15, -0.1) is 10.2 Å². The van der Waals surface area contributed by atoms with E-state index in [2.05, 4.69) is 27.6 Å². The van der Waals surface area contributed by atoms with Gasteiger partial charge in [-0.05, 0) is 30.2 Å². The van der Waals surface area contributed by atoms with E-state index < -0.39 is 0 Å². The number of aromatic nitrogens is 2. The van der Waals surface area contributed by atoms with Crippen molar-refractivity contribution in [3.63, 3.8) is 0 Å². The van der Waals surface area contributed by atoms with E-state index in [1.165, 1.54) is 16.9 Å². The molecule has 0 saturated carbocycles. The first-order valence-electron chi connectivity index (χ1n) is 8.15. The Morgan fingerprint density at radius 1 is 1.12 bits per heavy atom. The van der Waals surface area contributed by atoms with Gasteiger partial charge in [0.15, 0.2) is 0 Å². The molecular formula is C19H19N3O2S. The number of carbonyl (C=O) groups is 1. The molecule has 3 aromatic rings. The van der Waals surface area contributed by atoms with Crippen LogP contribution in [0.15, 0.2) is 54.6 Å². The number of nitrogens with zero attached hydrogens (tertiary/aromatic N) is 2. The molecule has 0 fully saturated rings. The molecule has 25 heavy (non-hydrogen) atoms. The maximum absolute atomic E-state index is 12.3. The van der Waals surface area contributed by atoms with Crippen LogP contribution in [0.2, 0.25) is 0 Å². The van der Waals surface area contributed by atoms with Crippen LogP contribution in [0.4, 0.5) is 5.13 Å². The van der Waals surface area contributed by atoms with Crippen molar-refractivity contribution in [3.8, 4) is 5.75 Å². The number of ether oxygens (including phenoxy) is 1. The summed E-state index contributed by atoms with van der Waals surface area (Å²) in [5, 5.41) is 12.1. The maximum Gasteiger partial charge on any atom is 0.257 e. The quantitative estimate of drug-likeness (QED) is 0.698. The van der Waals surface area contributed by atoms with E-state index in [9.17, 15) is 4.79 Å². The van der Waals surface area contributed by atoms with Crippen LogP contribution in [-0.4, -0.2) is 22.7 Å².